The fourth-order valence-electron chi connectivity index (χ4n) is 6.41. The molecule has 0 radical (unpaired) electrons. The van der Waals surface area contributed by atoms with Gasteiger partial charge in [0.2, 0.25) is 11.2 Å². The van der Waals surface area contributed by atoms with E-state index in [-0.39, 0.29) is 53.1 Å². The lowest BCUT2D eigenvalue weighted by molar-refractivity contribution is -0.121. The number of nitrogens with zero attached hydrogens (tertiary/aromatic N) is 4. The predicted octanol–water partition coefficient (Wildman–Crippen LogP) is 2.43. The zero-order valence-electron chi connectivity index (χ0n) is 21.2. The molecule has 3 aliphatic rings. The lowest BCUT2D eigenvalue weighted by atomic mass is 9.78. The van der Waals surface area contributed by atoms with Crippen LogP contribution >= 0.6 is 11.6 Å². The smallest absolute Gasteiger partial charge is 0.224 e. The Hall–Kier alpha value is -3.02. The van der Waals surface area contributed by atoms with Gasteiger partial charge in [0, 0.05) is 50.4 Å². The molecule has 5 rings (SSSR count). The Morgan fingerprint density at radius 2 is 2.05 bits per heavy atom. The Morgan fingerprint density at radius 1 is 1.26 bits per heavy atom. The maximum absolute atomic E-state index is 14.3. The Kier molecular flexibility index (Phi) is 7.96. The van der Waals surface area contributed by atoms with Crippen LogP contribution in [0.15, 0.2) is 24.4 Å². The number of piperazine rings is 1. The van der Waals surface area contributed by atoms with E-state index in [0.29, 0.717) is 12.2 Å². The molecule has 2 aliphatic carbocycles. The van der Waals surface area contributed by atoms with Crippen LogP contribution < -0.4 is 21.0 Å². The molecule has 204 valence electrons. The number of hydrogen-bond acceptors (Lipinski definition) is 9. The second kappa shape index (κ2) is 11.4. The van der Waals surface area contributed by atoms with Gasteiger partial charge in [0.05, 0.1) is 18.3 Å². The van der Waals surface area contributed by atoms with Gasteiger partial charge in [0.15, 0.2) is 11.6 Å². The summed E-state index contributed by atoms with van der Waals surface area (Å²) in [6.07, 6.45) is 3.80. The molecule has 1 amide bonds. The molecule has 2 bridgehead atoms. The van der Waals surface area contributed by atoms with Gasteiger partial charge in [-0.3, -0.25) is 15.5 Å². The van der Waals surface area contributed by atoms with E-state index in [9.17, 15) is 19.2 Å². The third kappa shape index (κ3) is 5.55. The highest BCUT2D eigenvalue weighted by Gasteiger charge is 2.52. The summed E-state index contributed by atoms with van der Waals surface area (Å²) >= 11 is 5.85. The quantitative estimate of drug-likeness (QED) is 0.214. The summed E-state index contributed by atoms with van der Waals surface area (Å²) in [7, 11) is 2.09. The fourth-order valence-corrected chi connectivity index (χ4v) is 6.54. The maximum atomic E-state index is 14.3. The van der Waals surface area contributed by atoms with Crippen LogP contribution in [0.4, 0.5) is 21.6 Å². The van der Waals surface area contributed by atoms with Crippen molar-refractivity contribution in [3.8, 4) is 0 Å². The van der Waals surface area contributed by atoms with E-state index in [4.69, 9.17) is 11.6 Å². The van der Waals surface area contributed by atoms with E-state index in [1.54, 1.807) is 12.1 Å². The lowest BCUT2D eigenvalue weighted by Gasteiger charge is -2.35. The van der Waals surface area contributed by atoms with Gasteiger partial charge < -0.3 is 25.2 Å². The van der Waals surface area contributed by atoms with Gasteiger partial charge >= 0.3 is 0 Å². The highest BCUT2D eigenvalue weighted by Crippen LogP contribution is 2.52. The molecule has 3 fully saturated rings. The molecule has 1 saturated heterocycles. The van der Waals surface area contributed by atoms with E-state index in [0.717, 1.165) is 62.8 Å². The van der Waals surface area contributed by atoms with E-state index in [1.165, 1.54) is 0 Å². The summed E-state index contributed by atoms with van der Waals surface area (Å²) in [6, 6.07) is 5.26. The lowest BCUT2D eigenvalue weighted by Crippen LogP contribution is -2.45. The van der Waals surface area contributed by atoms with Crippen LogP contribution in [0, 0.1) is 29.5 Å². The predicted molar refractivity (Wildman–Crippen MR) is 142 cm³/mol. The first kappa shape index (κ1) is 26.6. The van der Waals surface area contributed by atoms with Crippen LogP contribution in [-0.2, 0) is 16.0 Å². The van der Waals surface area contributed by atoms with Crippen LogP contribution in [0.25, 0.3) is 0 Å². The molecule has 2 aromatic rings. The molecular weight excluding hydrogens is 513 g/mol. The number of nitrogens with one attached hydrogen (secondary N) is 3. The minimum atomic E-state index is -0.623. The van der Waals surface area contributed by atoms with Crippen molar-refractivity contribution >= 4 is 41.0 Å². The molecule has 10 nitrogen and oxygen atoms in total. The highest BCUT2D eigenvalue weighted by molar-refractivity contribution is 6.28. The second-order valence-corrected chi connectivity index (χ2v) is 10.9. The van der Waals surface area contributed by atoms with Crippen molar-refractivity contribution < 1.29 is 19.2 Å². The van der Waals surface area contributed by atoms with Crippen molar-refractivity contribution in [2.24, 2.45) is 23.7 Å². The third-order valence-corrected chi connectivity index (χ3v) is 8.53. The second-order valence-electron chi connectivity index (χ2n) is 10.6. The number of anilines is 3. The topological polar surface area (TPSA) is 123 Å². The van der Waals surface area contributed by atoms with Crippen molar-refractivity contribution in [1.29, 1.82) is 0 Å². The van der Waals surface area contributed by atoms with E-state index < -0.39 is 5.82 Å². The Bertz CT molecular complexity index is 1180. The summed E-state index contributed by atoms with van der Waals surface area (Å²) in [5, 5.41) is 15.5. The molecule has 38 heavy (non-hydrogen) atoms. The summed E-state index contributed by atoms with van der Waals surface area (Å²) in [6.45, 7) is 4.09. The van der Waals surface area contributed by atoms with Gasteiger partial charge in [0.1, 0.15) is 6.29 Å². The largest absolute Gasteiger partial charge is 0.369 e. The van der Waals surface area contributed by atoms with Crippen LogP contribution in [-0.4, -0.2) is 78.1 Å². The van der Waals surface area contributed by atoms with E-state index in [2.05, 4.69) is 42.9 Å². The third-order valence-electron chi connectivity index (χ3n) is 8.35. The van der Waals surface area contributed by atoms with Crippen LogP contribution in [0.5, 0.6) is 0 Å². The standard InChI is InChI=1S/C26H33ClFN7O3/c1-34-4-6-35(7-5-34)22-3-2-18(33-38)9-16(22)11-23(37)29-12-17-8-15-10-19(17)24(20(15)14-36)31-25-21(28)13-30-26(27)32-25/h2-3,9,13-15,17,19-20,24,33,38H,4-8,10-12H2,1H3,(H,29,37)(H,30,31,32). The molecule has 0 spiro atoms. The van der Waals surface area contributed by atoms with Crippen molar-refractivity contribution in [3.05, 3.63) is 41.1 Å². The van der Waals surface area contributed by atoms with E-state index >= 15 is 0 Å². The molecule has 12 heteroatoms. The summed E-state index contributed by atoms with van der Waals surface area (Å²) < 4.78 is 14.3. The number of carbonyl (C=O) groups excluding carboxylic acids is 2. The molecular formula is C26H33ClFN7O3. The molecule has 5 atom stereocenters. The Balaban J connectivity index is 1.23. The highest BCUT2D eigenvalue weighted by atomic mass is 35.5. The van der Waals surface area contributed by atoms with E-state index in [1.807, 2.05) is 6.07 Å². The minimum Gasteiger partial charge on any atom is -0.369 e. The van der Waals surface area contributed by atoms with Crippen molar-refractivity contribution in [1.82, 2.24) is 20.2 Å². The number of fused-ring (bicyclic) bond motifs is 2. The molecule has 2 heterocycles. The Morgan fingerprint density at radius 3 is 2.79 bits per heavy atom. The minimum absolute atomic E-state index is 0.00834. The van der Waals surface area contributed by atoms with Crippen molar-refractivity contribution in [3.63, 3.8) is 0 Å². The first-order valence-corrected chi connectivity index (χ1v) is 13.4. The maximum Gasteiger partial charge on any atom is 0.224 e. The number of amides is 1. The monoisotopic (exact) mass is 545 g/mol. The zero-order valence-corrected chi connectivity index (χ0v) is 22.0. The average Bonchev–Trinajstić information content (AvgIpc) is 3.48. The summed E-state index contributed by atoms with van der Waals surface area (Å²) in [5.74, 6) is -0.572. The fraction of sp³-hybridized carbons (Fsp3) is 0.538. The summed E-state index contributed by atoms with van der Waals surface area (Å²) in [4.78, 5) is 37.1. The number of halogens is 2. The number of carbonyl (C=O) groups is 2. The zero-order chi connectivity index (χ0) is 26.8. The van der Waals surface area contributed by atoms with Gasteiger partial charge in [-0.15, -0.1) is 0 Å². The molecule has 1 aromatic carbocycles. The first-order valence-electron chi connectivity index (χ1n) is 13.0. The van der Waals surface area contributed by atoms with Crippen LogP contribution in [0.2, 0.25) is 5.28 Å². The summed E-state index contributed by atoms with van der Waals surface area (Å²) in [5.41, 5.74) is 4.55. The molecule has 1 aromatic heterocycles. The van der Waals surface area contributed by atoms with Crippen LogP contribution in [0.3, 0.4) is 0 Å². The number of likely N-dealkylation sites (N-methyl/N-ethyl adjacent to an activating group) is 1. The average molecular weight is 546 g/mol. The normalized spacial score (nSPS) is 26.8. The van der Waals surface area contributed by atoms with Gasteiger partial charge in [-0.2, -0.15) is 4.98 Å². The molecule has 1 aliphatic heterocycles. The number of rotatable bonds is 9. The Labute approximate surface area is 225 Å². The van der Waals surface area contributed by atoms with Gasteiger partial charge in [0.25, 0.3) is 0 Å². The number of aromatic nitrogens is 2. The van der Waals surface area contributed by atoms with Crippen molar-refractivity contribution in [2.45, 2.75) is 25.3 Å². The van der Waals surface area contributed by atoms with Gasteiger partial charge in [-0.1, -0.05) is 0 Å². The van der Waals surface area contributed by atoms with Gasteiger partial charge in [-0.25, -0.2) is 9.37 Å². The molecule has 5 unspecified atom stereocenters. The molecule has 4 N–H and O–H groups in total. The SMILES string of the molecule is CN1CCN(c2ccc(NO)cc2CC(=O)NCC2CC3CC2C(Nc2nc(Cl)ncc2F)C3C=O)CC1. The van der Waals surface area contributed by atoms with Gasteiger partial charge in [-0.05, 0) is 73.0 Å². The number of hydrogen-bond donors (Lipinski definition) is 4. The van der Waals surface area contributed by atoms with Crippen LogP contribution in [0.1, 0.15) is 18.4 Å². The number of aldehydes is 1. The van der Waals surface area contributed by atoms with Crippen molar-refractivity contribution in [2.75, 3.05) is 55.5 Å². The molecule has 2 saturated carbocycles. The first-order chi connectivity index (χ1) is 18.4. The number of benzene rings is 1.